The Balaban J connectivity index is 2.16. The molecule has 1 aromatic heterocycles. The van der Waals surface area contributed by atoms with Crippen molar-refractivity contribution in [3.63, 3.8) is 0 Å². The fourth-order valence-electron chi connectivity index (χ4n) is 2.66. The van der Waals surface area contributed by atoms with Crippen LogP contribution < -0.4 is 10.5 Å². The lowest BCUT2D eigenvalue weighted by Gasteiger charge is -2.25. The minimum absolute atomic E-state index is 0.386. The molecule has 0 spiro atoms. The first-order chi connectivity index (χ1) is 8.65. The monoisotopic (exact) mass is 323 g/mol. The molecule has 1 atom stereocenters. The molecule has 0 amide bonds. The molecule has 0 radical (unpaired) electrons. The summed E-state index contributed by atoms with van der Waals surface area (Å²) in [7, 11) is 1.69. The number of fused-ring (bicyclic) bond motifs is 1. The van der Waals surface area contributed by atoms with E-state index in [1.54, 1.807) is 18.4 Å². The largest absolute Gasteiger partial charge is 0.497 e. The summed E-state index contributed by atoms with van der Waals surface area (Å²) in [6, 6.07) is 6.21. The Hall–Kier alpha value is -0.840. The first kappa shape index (κ1) is 12.2. The Morgan fingerprint density at radius 3 is 2.83 bits per heavy atom. The molecule has 3 rings (SSSR count). The van der Waals surface area contributed by atoms with E-state index in [2.05, 4.69) is 38.8 Å². The summed E-state index contributed by atoms with van der Waals surface area (Å²) in [5.74, 6) is 0.872. The zero-order valence-corrected chi connectivity index (χ0v) is 12.5. The average molecular weight is 324 g/mol. The topological polar surface area (TPSA) is 35.2 Å². The third-order valence-electron chi connectivity index (χ3n) is 3.68. The van der Waals surface area contributed by atoms with Gasteiger partial charge in [-0.1, -0.05) is 6.07 Å². The van der Waals surface area contributed by atoms with Gasteiger partial charge in [-0.05, 0) is 57.4 Å². The lowest BCUT2D eigenvalue weighted by Crippen LogP contribution is -2.35. The molecule has 2 N–H and O–H groups in total. The highest BCUT2D eigenvalue weighted by atomic mass is 79.9. The Morgan fingerprint density at radius 2 is 2.17 bits per heavy atom. The molecule has 2 aromatic rings. The molecule has 0 saturated carbocycles. The molecule has 94 valence electrons. The van der Waals surface area contributed by atoms with Gasteiger partial charge in [-0.2, -0.15) is 11.3 Å². The molecule has 18 heavy (non-hydrogen) atoms. The van der Waals surface area contributed by atoms with Gasteiger partial charge in [0.1, 0.15) is 5.75 Å². The number of methoxy groups -OCH3 is 1. The second-order valence-electron chi connectivity index (χ2n) is 4.63. The van der Waals surface area contributed by atoms with E-state index < -0.39 is 0 Å². The van der Waals surface area contributed by atoms with E-state index in [0.717, 1.165) is 23.1 Å². The first-order valence-electron chi connectivity index (χ1n) is 5.83. The van der Waals surface area contributed by atoms with Gasteiger partial charge in [-0.25, -0.2) is 0 Å². The third kappa shape index (κ3) is 1.71. The van der Waals surface area contributed by atoms with E-state index in [0.29, 0.717) is 0 Å². The molecule has 0 fully saturated rings. The van der Waals surface area contributed by atoms with Gasteiger partial charge in [-0.3, -0.25) is 0 Å². The quantitative estimate of drug-likeness (QED) is 0.915. The van der Waals surface area contributed by atoms with Crippen LogP contribution in [0.1, 0.15) is 23.1 Å². The summed E-state index contributed by atoms with van der Waals surface area (Å²) in [4.78, 5) is 0. The van der Waals surface area contributed by atoms with Gasteiger partial charge in [0, 0.05) is 15.4 Å². The number of benzene rings is 1. The van der Waals surface area contributed by atoms with E-state index in [4.69, 9.17) is 10.5 Å². The maximum atomic E-state index is 6.68. The van der Waals surface area contributed by atoms with E-state index >= 15 is 0 Å². The van der Waals surface area contributed by atoms with Gasteiger partial charge in [0.15, 0.2) is 0 Å². The van der Waals surface area contributed by atoms with E-state index in [-0.39, 0.29) is 5.54 Å². The number of rotatable bonds is 2. The summed E-state index contributed by atoms with van der Waals surface area (Å²) in [5.41, 5.74) is 10.0. The van der Waals surface area contributed by atoms with Crippen LogP contribution in [0.25, 0.3) is 0 Å². The van der Waals surface area contributed by atoms with Gasteiger partial charge in [0.25, 0.3) is 0 Å². The molecule has 0 saturated heterocycles. The predicted octanol–water partition coefficient (Wildman–Crippen LogP) is 3.67. The third-order valence-corrected chi connectivity index (χ3v) is 5.38. The molecular weight excluding hydrogens is 310 g/mol. The van der Waals surface area contributed by atoms with Crippen molar-refractivity contribution in [1.82, 2.24) is 0 Å². The summed E-state index contributed by atoms with van der Waals surface area (Å²) in [6.45, 7) is 0. The van der Waals surface area contributed by atoms with Crippen molar-refractivity contribution in [3.05, 3.63) is 50.1 Å². The molecule has 1 aromatic carbocycles. The first-order valence-corrected chi connectivity index (χ1v) is 7.57. The Morgan fingerprint density at radius 1 is 1.33 bits per heavy atom. The highest BCUT2D eigenvalue weighted by Gasteiger charge is 2.38. The summed E-state index contributed by atoms with van der Waals surface area (Å²) >= 11 is 5.28. The molecule has 0 aliphatic heterocycles. The van der Waals surface area contributed by atoms with Crippen LogP contribution in [0.4, 0.5) is 0 Å². The number of thiophene rings is 1. The van der Waals surface area contributed by atoms with E-state index in [1.807, 2.05) is 6.07 Å². The Labute approximate surface area is 119 Å². The van der Waals surface area contributed by atoms with Crippen molar-refractivity contribution >= 4 is 27.3 Å². The lowest BCUT2D eigenvalue weighted by atomic mass is 9.87. The maximum absolute atomic E-state index is 6.68. The summed E-state index contributed by atoms with van der Waals surface area (Å²) < 4.78 is 6.42. The lowest BCUT2D eigenvalue weighted by molar-refractivity contribution is 0.413. The highest BCUT2D eigenvalue weighted by molar-refractivity contribution is 9.10. The molecule has 1 unspecified atom stereocenters. The number of hydrogen-bond acceptors (Lipinski definition) is 3. The van der Waals surface area contributed by atoms with Crippen molar-refractivity contribution in [1.29, 1.82) is 0 Å². The van der Waals surface area contributed by atoms with Crippen molar-refractivity contribution in [2.24, 2.45) is 5.73 Å². The van der Waals surface area contributed by atoms with Crippen molar-refractivity contribution in [2.45, 2.75) is 18.4 Å². The van der Waals surface area contributed by atoms with Crippen LogP contribution in [-0.4, -0.2) is 7.11 Å². The van der Waals surface area contributed by atoms with Crippen LogP contribution in [0.3, 0.4) is 0 Å². The van der Waals surface area contributed by atoms with Gasteiger partial charge in [0.05, 0.1) is 12.6 Å². The predicted molar refractivity (Wildman–Crippen MR) is 78.3 cm³/mol. The molecule has 0 bridgehead atoms. The Kier molecular flexibility index (Phi) is 2.96. The van der Waals surface area contributed by atoms with Gasteiger partial charge >= 0.3 is 0 Å². The molecule has 2 nitrogen and oxygen atoms in total. The number of nitrogens with two attached hydrogens (primary N) is 1. The smallest absolute Gasteiger partial charge is 0.119 e. The van der Waals surface area contributed by atoms with Crippen LogP contribution in [0.15, 0.2) is 33.4 Å². The minimum Gasteiger partial charge on any atom is -0.497 e. The molecule has 4 heteroatoms. The van der Waals surface area contributed by atoms with Crippen LogP contribution in [0.2, 0.25) is 0 Å². The van der Waals surface area contributed by atoms with Crippen LogP contribution in [0, 0.1) is 0 Å². The average Bonchev–Trinajstić information content (AvgIpc) is 2.95. The van der Waals surface area contributed by atoms with Gasteiger partial charge in [-0.15, -0.1) is 0 Å². The normalized spacial score (nSPS) is 21.9. The maximum Gasteiger partial charge on any atom is 0.119 e. The standard InChI is InChI=1S/C14H14BrNOS/c1-17-10-3-2-9-4-5-14(16,11(9)6-10)12-7-18-8-13(12)15/h2-3,6-8H,4-5,16H2,1H3. The van der Waals surface area contributed by atoms with Crippen LogP contribution in [-0.2, 0) is 12.0 Å². The minimum atomic E-state index is -0.386. The van der Waals surface area contributed by atoms with Crippen molar-refractivity contribution < 1.29 is 4.74 Å². The van der Waals surface area contributed by atoms with E-state index in [1.165, 1.54) is 16.7 Å². The molecular formula is C14H14BrNOS. The SMILES string of the molecule is COc1ccc2c(c1)C(N)(c1cscc1Br)CC2. The fourth-order valence-corrected chi connectivity index (χ4v) is 4.39. The van der Waals surface area contributed by atoms with Gasteiger partial charge < -0.3 is 10.5 Å². The molecule has 1 aliphatic rings. The van der Waals surface area contributed by atoms with E-state index in [9.17, 15) is 0 Å². The number of aryl methyl sites for hydroxylation is 1. The fraction of sp³-hybridized carbons (Fsp3) is 0.286. The highest BCUT2D eigenvalue weighted by Crippen LogP contribution is 2.44. The number of ether oxygens (including phenoxy) is 1. The molecule has 1 heterocycles. The van der Waals surface area contributed by atoms with Crippen molar-refractivity contribution in [3.8, 4) is 5.75 Å². The number of hydrogen-bond donors (Lipinski definition) is 1. The zero-order chi connectivity index (χ0) is 12.8. The zero-order valence-electron chi connectivity index (χ0n) is 10.1. The summed E-state index contributed by atoms with van der Waals surface area (Å²) in [6.07, 6.45) is 1.98. The second kappa shape index (κ2) is 4.37. The second-order valence-corrected chi connectivity index (χ2v) is 6.23. The van der Waals surface area contributed by atoms with Gasteiger partial charge in [0.2, 0.25) is 0 Å². The Bertz CT molecular complexity index is 595. The number of halogens is 1. The summed E-state index contributed by atoms with van der Waals surface area (Å²) in [5, 5.41) is 4.22. The van der Waals surface area contributed by atoms with Crippen LogP contribution in [0.5, 0.6) is 5.75 Å². The molecule has 1 aliphatic carbocycles. The van der Waals surface area contributed by atoms with Crippen molar-refractivity contribution in [2.75, 3.05) is 7.11 Å². The van der Waals surface area contributed by atoms with Crippen LogP contribution >= 0.6 is 27.3 Å².